The summed E-state index contributed by atoms with van der Waals surface area (Å²) in [7, 11) is -7.68. The smallest absolute Gasteiger partial charge is 0.265 e. The number of hydrogen-bond acceptors (Lipinski definition) is 8. The van der Waals surface area contributed by atoms with Crippen molar-refractivity contribution in [1.82, 2.24) is 5.16 Å². The maximum atomic E-state index is 13.1. The minimum Gasteiger partial charge on any atom is -0.336 e. The second-order valence-corrected chi connectivity index (χ2v) is 12.3. The normalized spacial score (nSPS) is 12.2. The average Bonchev–Trinajstić information content (AvgIpc) is 3.27. The molecule has 1 N–H and O–H groups in total. The molecule has 172 valence electrons. The number of rotatable bonds is 7. The topological polar surface area (TPSA) is 123 Å². The number of sulfonamides is 1. The highest BCUT2D eigenvalue weighted by molar-refractivity contribution is 7.93. The summed E-state index contributed by atoms with van der Waals surface area (Å²) in [6.45, 7) is 6.70. The number of thiophene rings is 1. The summed E-state index contributed by atoms with van der Waals surface area (Å²) < 4.78 is 57.4. The molecular weight excluding hydrogens is 496 g/mol. The Labute approximate surface area is 195 Å². The summed E-state index contributed by atoms with van der Waals surface area (Å²) in [5.41, 5.74) is 2.71. The lowest BCUT2D eigenvalue weighted by Gasteiger charge is -2.16. The maximum absolute atomic E-state index is 13.1. The molecule has 0 bridgehead atoms. The summed E-state index contributed by atoms with van der Waals surface area (Å²) in [4.78, 5) is 13.1. The average molecular weight is 517 g/mol. The van der Waals surface area contributed by atoms with Crippen LogP contribution in [0.15, 0.2) is 31.8 Å². The van der Waals surface area contributed by atoms with Crippen LogP contribution in [0, 0.1) is 27.7 Å². The Balaban J connectivity index is 1.99. The van der Waals surface area contributed by atoms with E-state index in [1.54, 1.807) is 33.8 Å². The molecule has 12 heteroatoms. The van der Waals surface area contributed by atoms with E-state index >= 15 is 0 Å². The van der Waals surface area contributed by atoms with Crippen LogP contribution in [-0.2, 0) is 26.3 Å². The van der Waals surface area contributed by atoms with Gasteiger partial charge < -0.3 is 4.52 Å². The number of aryl methyl sites for hydroxylation is 3. The number of sulfone groups is 1. The molecule has 0 aliphatic heterocycles. The number of nitrogens with one attached hydrogen (secondary N) is 1. The molecule has 3 rings (SSSR count). The van der Waals surface area contributed by atoms with Gasteiger partial charge in [0, 0.05) is 12.7 Å². The van der Waals surface area contributed by atoms with Gasteiger partial charge in [-0.15, -0.1) is 11.3 Å². The van der Waals surface area contributed by atoms with E-state index in [0.29, 0.717) is 22.4 Å². The standard InChI is InChI=1S/C20H21ClN2O6S3/c1-10-8-11(2)19(31(5,25)26)12(3)14(10)9-15(24)18-16(6-7-30-18)32(27,28)23-20-17(21)13(4)22-29-20/h6-8,23H,9H2,1-5H3. The Morgan fingerprint density at radius 2 is 1.81 bits per heavy atom. The largest absolute Gasteiger partial charge is 0.336 e. The van der Waals surface area contributed by atoms with Gasteiger partial charge >= 0.3 is 0 Å². The van der Waals surface area contributed by atoms with Gasteiger partial charge in [-0.1, -0.05) is 22.8 Å². The highest BCUT2D eigenvalue weighted by atomic mass is 35.5. The van der Waals surface area contributed by atoms with Crippen LogP contribution in [0.4, 0.5) is 5.88 Å². The van der Waals surface area contributed by atoms with Crippen LogP contribution < -0.4 is 4.72 Å². The predicted molar refractivity (Wildman–Crippen MR) is 123 cm³/mol. The van der Waals surface area contributed by atoms with E-state index in [1.165, 1.54) is 11.4 Å². The van der Waals surface area contributed by atoms with Gasteiger partial charge in [-0.2, -0.15) is 0 Å². The van der Waals surface area contributed by atoms with Crippen molar-refractivity contribution in [2.24, 2.45) is 0 Å². The van der Waals surface area contributed by atoms with Crippen molar-refractivity contribution >= 4 is 54.5 Å². The van der Waals surface area contributed by atoms with Crippen LogP contribution >= 0.6 is 22.9 Å². The lowest BCUT2D eigenvalue weighted by Crippen LogP contribution is -2.17. The zero-order valence-corrected chi connectivity index (χ0v) is 21.1. The minimum absolute atomic E-state index is 0.0186. The van der Waals surface area contributed by atoms with E-state index in [9.17, 15) is 21.6 Å². The van der Waals surface area contributed by atoms with E-state index in [2.05, 4.69) is 9.88 Å². The third-order valence-corrected chi connectivity index (χ3v) is 9.23. The summed E-state index contributed by atoms with van der Waals surface area (Å²) in [5, 5.41) is 5.12. The highest BCUT2D eigenvalue weighted by Crippen LogP contribution is 2.32. The highest BCUT2D eigenvalue weighted by Gasteiger charge is 2.28. The molecule has 2 aromatic heterocycles. The van der Waals surface area contributed by atoms with Crippen molar-refractivity contribution in [2.45, 2.75) is 43.9 Å². The molecule has 0 aliphatic carbocycles. The van der Waals surface area contributed by atoms with Gasteiger partial charge in [-0.05, 0) is 61.4 Å². The van der Waals surface area contributed by atoms with Gasteiger partial charge in [0.2, 0.25) is 0 Å². The number of Topliss-reactive ketones (excluding diaryl/α,β-unsaturated/α-hetero) is 1. The van der Waals surface area contributed by atoms with E-state index in [-0.39, 0.29) is 32.0 Å². The fourth-order valence-electron chi connectivity index (χ4n) is 3.60. The van der Waals surface area contributed by atoms with Crippen LogP contribution in [0.3, 0.4) is 0 Å². The summed E-state index contributed by atoms with van der Waals surface area (Å²) in [6.07, 6.45) is 0.973. The van der Waals surface area contributed by atoms with Gasteiger partial charge in [0.1, 0.15) is 15.6 Å². The number of halogens is 1. The summed E-state index contributed by atoms with van der Waals surface area (Å²) in [6, 6.07) is 3.03. The molecular formula is C20H21ClN2O6S3. The van der Waals surface area contributed by atoms with Crippen molar-refractivity contribution in [2.75, 3.05) is 11.0 Å². The fourth-order valence-corrected chi connectivity index (χ4v) is 7.48. The van der Waals surface area contributed by atoms with Gasteiger partial charge in [0.15, 0.2) is 15.6 Å². The first-order chi connectivity index (χ1) is 14.7. The molecule has 0 unspecified atom stereocenters. The fraction of sp³-hybridized carbons (Fsp3) is 0.300. The number of hydrogen-bond donors (Lipinski definition) is 1. The van der Waals surface area contributed by atoms with Gasteiger partial charge in [0.05, 0.1) is 9.77 Å². The number of benzene rings is 1. The molecule has 0 amide bonds. The Morgan fingerprint density at radius 3 is 2.38 bits per heavy atom. The van der Waals surface area contributed by atoms with Crippen molar-refractivity contribution in [1.29, 1.82) is 0 Å². The lowest BCUT2D eigenvalue weighted by atomic mass is 9.95. The number of ketones is 1. The Bertz CT molecular complexity index is 1440. The third kappa shape index (κ3) is 4.61. The van der Waals surface area contributed by atoms with Crippen molar-refractivity contribution in [3.63, 3.8) is 0 Å². The monoisotopic (exact) mass is 516 g/mol. The van der Waals surface area contributed by atoms with Gasteiger partial charge in [-0.3, -0.25) is 4.79 Å². The van der Waals surface area contributed by atoms with Crippen molar-refractivity contribution in [3.05, 3.63) is 55.4 Å². The molecule has 0 aliphatic rings. The number of nitrogens with zero attached hydrogens (tertiary/aromatic N) is 1. The number of carbonyl (C=O) groups excluding carboxylic acids is 1. The number of anilines is 1. The zero-order chi connectivity index (χ0) is 24.0. The second kappa shape index (κ2) is 8.62. The predicted octanol–water partition coefficient (Wildman–Crippen LogP) is 4.25. The van der Waals surface area contributed by atoms with E-state index in [0.717, 1.165) is 23.2 Å². The molecule has 8 nitrogen and oxygen atoms in total. The molecule has 0 fully saturated rings. The Hall–Kier alpha value is -2.21. The first-order valence-electron chi connectivity index (χ1n) is 9.29. The van der Waals surface area contributed by atoms with Crippen LogP contribution in [0.25, 0.3) is 0 Å². The van der Waals surface area contributed by atoms with Gasteiger partial charge in [0.25, 0.3) is 15.9 Å². The van der Waals surface area contributed by atoms with Gasteiger partial charge in [-0.25, -0.2) is 21.6 Å². The Kier molecular flexibility index (Phi) is 6.58. The van der Waals surface area contributed by atoms with Crippen molar-refractivity contribution < 1.29 is 26.2 Å². The molecule has 0 saturated heterocycles. The summed E-state index contributed by atoms with van der Waals surface area (Å²) in [5.74, 6) is -0.688. The summed E-state index contributed by atoms with van der Waals surface area (Å²) >= 11 is 6.97. The van der Waals surface area contributed by atoms with E-state index in [4.69, 9.17) is 16.1 Å². The quantitative estimate of drug-likeness (QED) is 0.465. The molecule has 0 atom stereocenters. The molecule has 32 heavy (non-hydrogen) atoms. The first kappa shape index (κ1) is 24.4. The van der Waals surface area contributed by atoms with E-state index in [1.807, 2.05) is 0 Å². The molecule has 0 saturated carbocycles. The molecule has 0 spiro atoms. The molecule has 0 radical (unpaired) electrons. The first-order valence-corrected chi connectivity index (χ1v) is 13.9. The van der Waals surface area contributed by atoms with Crippen LogP contribution in [0.2, 0.25) is 5.02 Å². The SMILES string of the molecule is Cc1cc(C)c(S(C)(=O)=O)c(C)c1CC(=O)c1sccc1S(=O)(=O)Nc1onc(C)c1Cl. The van der Waals surface area contributed by atoms with Crippen LogP contribution in [-0.4, -0.2) is 34.0 Å². The Morgan fingerprint density at radius 1 is 1.16 bits per heavy atom. The lowest BCUT2D eigenvalue weighted by molar-refractivity contribution is 0.0993. The maximum Gasteiger partial charge on any atom is 0.265 e. The molecule has 3 aromatic rings. The second-order valence-electron chi connectivity index (χ2n) is 7.45. The molecule has 1 aromatic carbocycles. The van der Waals surface area contributed by atoms with E-state index < -0.39 is 25.6 Å². The van der Waals surface area contributed by atoms with Crippen LogP contribution in [0.1, 0.15) is 37.6 Å². The van der Waals surface area contributed by atoms with Crippen molar-refractivity contribution in [3.8, 4) is 0 Å². The molecule has 2 heterocycles. The third-order valence-electron chi connectivity index (χ3n) is 4.96. The number of carbonyl (C=O) groups is 1. The van der Waals surface area contributed by atoms with Crippen LogP contribution in [0.5, 0.6) is 0 Å². The number of aromatic nitrogens is 1. The zero-order valence-electron chi connectivity index (χ0n) is 17.9. The minimum atomic E-state index is -4.18.